The van der Waals surface area contributed by atoms with E-state index in [0.717, 1.165) is 5.56 Å². The highest BCUT2D eigenvalue weighted by Crippen LogP contribution is 2.37. The van der Waals surface area contributed by atoms with Gasteiger partial charge in [0.05, 0.1) is 19.1 Å². The van der Waals surface area contributed by atoms with Crippen molar-refractivity contribution in [3.63, 3.8) is 0 Å². The summed E-state index contributed by atoms with van der Waals surface area (Å²) in [4.78, 5) is 12.1. The van der Waals surface area contributed by atoms with Crippen molar-refractivity contribution >= 4 is 5.78 Å². The van der Waals surface area contributed by atoms with Gasteiger partial charge in [-0.1, -0.05) is 18.2 Å². The van der Waals surface area contributed by atoms with Gasteiger partial charge in [0.1, 0.15) is 11.9 Å². The highest BCUT2D eigenvalue weighted by Gasteiger charge is 2.27. The number of hydrogen-bond acceptors (Lipinski definition) is 4. The van der Waals surface area contributed by atoms with Gasteiger partial charge in [0, 0.05) is 0 Å². The fourth-order valence-electron chi connectivity index (χ4n) is 2.37. The molecular weight excluding hydrogens is 256 g/mol. The zero-order valence-electron chi connectivity index (χ0n) is 11.0. The van der Waals surface area contributed by atoms with Crippen LogP contribution in [0.25, 0.3) is 0 Å². The van der Waals surface area contributed by atoms with Gasteiger partial charge in [-0.05, 0) is 29.8 Å². The number of carbonyl (C=O) groups excluding carboxylic acids is 1. The Morgan fingerprint density at radius 2 is 2.05 bits per heavy atom. The molecule has 0 radical (unpaired) electrons. The summed E-state index contributed by atoms with van der Waals surface area (Å²) < 4.78 is 10.9. The van der Waals surface area contributed by atoms with E-state index in [1.54, 1.807) is 30.3 Å². The standard InChI is InChI=1S/C16H14O4/c1-19-15-7-6-10(8-13(15)18)16-9-12(17)11-4-2-3-5-14(11)20-16/h2-8,16,18H,9H2,1H3. The predicted octanol–water partition coefficient (Wildman–Crippen LogP) is 3.11. The lowest BCUT2D eigenvalue weighted by atomic mass is 9.96. The molecule has 1 heterocycles. The maximum Gasteiger partial charge on any atom is 0.170 e. The summed E-state index contributed by atoms with van der Waals surface area (Å²) >= 11 is 0. The second-order valence-corrected chi connectivity index (χ2v) is 4.66. The minimum atomic E-state index is -0.380. The van der Waals surface area contributed by atoms with Crippen LogP contribution in [0.15, 0.2) is 42.5 Å². The van der Waals surface area contributed by atoms with Crippen LogP contribution in [0.2, 0.25) is 0 Å². The van der Waals surface area contributed by atoms with E-state index in [0.29, 0.717) is 17.1 Å². The fraction of sp³-hybridized carbons (Fsp3) is 0.188. The minimum absolute atomic E-state index is 0.0416. The third-order valence-electron chi connectivity index (χ3n) is 3.40. The molecule has 1 atom stereocenters. The molecule has 2 aromatic rings. The van der Waals surface area contributed by atoms with Crippen molar-refractivity contribution in [2.75, 3.05) is 7.11 Å². The number of carbonyl (C=O) groups is 1. The van der Waals surface area contributed by atoms with Crippen LogP contribution >= 0.6 is 0 Å². The average Bonchev–Trinajstić information content (AvgIpc) is 2.47. The Hall–Kier alpha value is -2.49. The number of ether oxygens (including phenoxy) is 2. The summed E-state index contributed by atoms with van der Waals surface area (Å²) in [5, 5.41) is 9.82. The molecule has 1 aliphatic rings. The maximum atomic E-state index is 12.1. The first kappa shape index (κ1) is 12.5. The Kier molecular flexibility index (Phi) is 3.06. The largest absolute Gasteiger partial charge is 0.504 e. The topological polar surface area (TPSA) is 55.8 Å². The second kappa shape index (κ2) is 4.89. The van der Waals surface area contributed by atoms with Gasteiger partial charge in [-0.3, -0.25) is 4.79 Å². The molecule has 0 aromatic heterocycles. The summed E-state index contributed by atoms with van der Waals surface area (Å²) in [5.41, 5.74) is 1.37. The molecule has 1 unspecified atom stereocenters. The van der Waals surface area contributed by atoms with Crippen LogP contribution < -0.4 is 9.47 Å². The van der Waals surface area contributed by atoms with E-state index in [1.807, 2.05) is 12.1 Å². The van der Waals surface area contributed by atoms with Crippen molar-refractivity contribution in [2.24, 2.45) is 0 Å². The minimum Gasteiger partial charge on any atom is -0.504 e. The van der Waals surface area contributed by atoms with Crippen LogP contribution in [-0.2, 0) is 0 Å². The SMILES string of the molecule is COc1ccc(C2CC(=O)c3ccccc3O2)cc1O. The molecule has 0 fully saturated rings. The number of phenols is 1. The summed E-state index contributed by atoms with van der Waals surface area (Å²) in [7, 11) is 1.49. The molecule has 0 aliphatic carbocycles. The van der Waals surface area contributed by atoms with Gasteiger partial charge in [0.15, 0.2) is 17.3 Å². The lowest BCUT2D eigenvalue weighted by Crippen LogP contribution is -2.20. The van der Waals surface area contributed by atoms with Crippen LogP contribution in [0.1, 0.15) is 28.4 Å². The van der Waals surface area contributed by atoms with Crippen LogP contribution in [0, 0.1) is 0 Å². The van der Waals surface area contributed by atoms with Crippen molar-refractivity contribution < 1.29 is 19.4 Å². The molecule has 3 rings (SSSR count). The van der Waals surface area contributed by atoms with Gasteiger partial charge in [0.2, 0.25) is 0 Å². The second-order valence-electron chi connectivity index (χ2n) is 4.66. The number of rotatable bonds is 2. The van der Waals surface area contributed by atoms with Crippen LogP contribution in [-0.4, -0.2) is 18.0 Å². The number of para-hydroxylation sites is 1. The monoisotopic (exact) mass is 270 g/mol. The van der Waals surface area contributed by atoms with Crippen molar-refractivity contribution in [1.29, 1.82) is 0 Å². The Balaban J connectivity index is 1.94. The first-order chi connectivity index (χ1) is 9.69. The van der Waals surface area contributed by atoms with Gasteiger partial charge in [-0.25, -0.2) is 0 Å². The molecule has 0 saturated carbocycles. The summed E-state index contributed by atoms with van der Waals surface area (Å²) in [6.45, 7) is 0. The number of Topliss-reactive ketones (excluding diaryl/α,β-unsaturated/α-hetero) is 1. The summed E-state index contributed by atoms with van der Waals surface area (Å²) in [6.07, 6.45) is -0.114. The van der Waals surface area contributed by atoms with Gasteiger partial charge >= 0.3 is 0 Å². The van der Waals surface area contributed by atoms with Gasteiger partial charge < -0.3 is 14.6 Å². The maximum absolute atomic E-state index is 12.1. The Bertz CT molecular complexity index is 663. The van der Waals surface area contributed by atoms with Crippen molar-refractivity contribution in [3.05, 3.63) is 53.6 Å². The van der Waals surface area contributed by atoms with Crippen LogP contribution in [0.3, 0.4) is 0 Å². The van der Waals surface area contributed by atoms with Gasteiger partial charge in [0.25, 0.3) is 0 Å². The van der Waals surface area contributed by atoms with E-state index in [4.69, 9.17) is 9.47 Å². The fourth-order valence-corrected chi connectivity index (χ4v) is 2.37. The third-order valence-corrected chi connectivity index (χ3v) is 3.40. The molecule has 2 aromatic carbocycles. The first-order valence-electron chi connectivity index (χ1n) is 6.35. The molecule has 4 heteroatoms. The molecule has 20 heavy (non-hydrogen) atoms. The Morgan fingerprint density at radius 3 is 2.80 bits per heavy atom. The molecule has 0 amide bonds. The van der Waals surface area contributed by atoms with E-state index in [-0.39, 0.29) is 24.1 Å². The molecule has 1 aliphatic heterocycles. The molecule has 4 nitrogen and oxygen atoms in total. The number of benzene rings is 2. The Morgan fingerprint density at radius 1 is 1.25 bits per heavy atom. The number of fused-ring (bicyclic) bond motifs is 1. The zero-order chi connectivity index (χ0) is 14.1. The smallest absolute Gasteiger partial charge is 0.170 e. The van der Waals surface area contributed by atoms with Gasteiger partial charge in [-0.15, -0.1) is 0 Å². The van der Waals surface area contributed by atoms with E-state index < -0.39 is 0 Å². The summed E-state index contributed by atoms with van der Waals surface area (Å²) in [5.74, 6) is 1.08. The highest BCUT2D eigenvalue weighted by molar-refractivity contribution is 5.99. The number of aromatic hydroxyl groups is 1. The van der Waals surface area contributed by atoms with E-state index in [9.17, 15) is 9.90 Å². The Labute approximate surface area is 116 Å². The summed E-state index contributed by atoms with van der Waals surface area (Å²) in [6, 6.07) is 12.2. The van der Waals surface area contributed by atoms with Crippen molar-refractivity contribution in [2.45, 2.75) is 12.5 Å². The first-order valence-corrected chi connectivity index (χ1v) is 6.35. The molecule has 1 N–H and O–H groups in total. The molecule has 0 spiro atoms. The normalized spacial score (nSPS) is 17.2. The average molecular weight is 270 g/mol. The van der Waals surface area contributed by atoms with E-state index >= 15 is 0 Å². The zero-order valence-corrected chi connectivity index (χ0v) is 11.0. The number of phenolic OH excluding ortho intramolecular Hbond substituents is 1. The molecular formula is C16H14O4. The number of ketones is 1. The number of hydrogen-bond donors (Lipinski definition) is 1. The third kappa shape index (κ3) is 2.09. The van der Waals surface area contributed by atoms with Crippen LogP contribution in [0.5, 0.6) is 17.2 Å². The molecule has 0 saturated heterocycles. The lowest BCUT2D eigenvalue weighted by Gasteiger charge is -2.25. The molecule has 102 valence electrons. The van der Waals surface area contributed by atoms with Gasteiger partial charge in [-0.2, -0.15) is 0 Å². The van der Waals surface area contributed by atoms with Crippen LogP contribution in [0.4, 0.5) is 0 Å². The number of methoxy groups -OCH3 is 1. The van der Waals surface area contributed by atoms with E-state index in [2.05, 4.69) is 0 Å². The lowest BCUT2D eigenvalue weighted by molar-refractivity contribution is 0.0849. The highest BCUT2D eigenvalue weighted by atomic mass is 16.5. The van der Waals surface area contributed by atoms with Crippen molar-refractivity contribution in [1.82, 2.24) is 0 Å². The predicted molar refractivity (Wildman–Crippen MR) is 73.4 cm³/mol. The van der Waals surface area contributed by atoms with Crippen molar-refractivity contribution in [3.8, 4) is 17.2 Å². The quantitative estimate of drug-likeness (QED) is 0.911. The van der Waals surface area contributed by atoms with E-state index in [1.165, 1.54) is 7.11 Å². The molecule has 0 bridgehead atoms.